The van der Waals surface area contributed by atoms with Gasteiger partial charge in [0.2, 0.25) is 0 Å². The van der Waals surface area contributed by atoms with Gasteiger partial charge in [0.1, 0.15) is 0 Å². The van der Waals surface area contributed by atoms with Gasteiger partial charge >= 0.3 is 79.2 Å². The van der Waals surface area contributed by atoms with E-state index in [1.165, 1.54) is 0 Å². The number of carbonyl (C=O) groups excluding carboxylic acids is 2. The zero-order chi connectivity index (χ0) is 21.6. The quantitative estimate of drug-likeness (QED) is 0.197. The maximum absolute atomic E-state index is 12.2. The minimum Gasteiger partial charge on any atom is -1.00 e. The maximum atomic E-state index is 12.2. The van der Waals surface area contributed by atoms with Crippen molar-refractivity contribution in [2.75, 3.05) is 13.2 Å². The van der Waals surface area contributed by atoms with Gasteiger partial charge in [-0.2, -0.15) is 8.42 Å². The molecule has 30 heavy (non-hydrogen) atoms. The van der Waals surface area contributed by atoms with Crippen LogP contribution in [0.15, 0.2) is 0 Å². The van der Waals surface area contributed by atoms with Gasteiger partial charge in [-0.25, -0.2) is 0 Å². The molecule has 10 heteroatoms. The van der Waals surface area contributed by atoms with E-state index in [9.17, 15) is 22.6 Å². The van der Waals surface area contributed by atoms with Gasteiger partial charge in [0.05, 0.1) is 19.6 Å². The molecule has 172 valence electrons. The molecule has 0 aromatic rings. The molecule has 0 saturated heterocycles. The molecule has 3 unspecified atom stereocenters. The van der Waals surface area contributed by atoms with Crippen LogP contribution in [0.1, 0.15) is 89.8 Å². The predicted molar refractivity (Wildman–Crippen MR) is 118 cm³/mol. The molecule has 0 radical (unpaired) electrons. The van der Waals surface area contributed by atoms with E-state index in [1.807, 2.05) is 13.8 Å². The number of ether oxygens (including phenoxy) is 2. The summed E-state index contributed by atoms with van der Waals surface area (Å²) < 4.78 is 42.8. The molecule has 1 N–H and O–H groups in total. The van der Waals surface area contributed by atoms with E-state index in [4.69, 9.17) is 9.47 Å². The zero-order valence-corrected chi connectivity index (χ0v) is 24.5. The second kappa shape index (κ2) is 20.7. The molecular formula is C20H41CaNaO7S. The van der Waals surface area contributed by atoms with Crippen molar-refractivity contribution < 1.29 is 65.9 Å². The topological polar surface area (TPSA) is 107 Å². The summed E-state index contributed by atoms with van der Waals surface area (Å²) in [7, 11) is -4.76. The van der Waals surface area contributed by atoms with Crippen LogP contribution < -0.4 is 29.6 Å². The van der Waals surface area contributed by atoms with Crippen molar-refractivity contribution in [2.45, 2.75) is 90.7 Å². The van der Waals surface area contributed by atoms with Crippen molar-refractivity contribution in [2.24, 2.45) is 11.8 Å². The summed E-state index contributed by atoms with van der Waals surface area (Å²) in [5.41, 5.74) is 0. The fourth-order valence-corrected chi connectivity index (χ4v) is 3.48. The van der Waals surface area contributed by atoms with Crippen molar-refractivity contribution in [1.82, 2.24) is 0 Å². The molecule has 3 atom stereocenters. The Morgan fingerprint density at radius 2 is 1.33 bits per heavy atom. The second-order valence-corrected chi connectivity index (χ2v) is 8.95. The van der Waals surface area contributed by atoms with Crippen molar-refractivity contribution in [3.63, 3.8) is 0 Å². The normalized spacial score (nSPS) is 13.9. The fraction of sp³-hybridized carbons (Fsp3) is 0.900. The molecule has 0 aromatic heterocycles. The van der Waals surface area contributed by atoms with Gasteiger partial charge in [-0.15, -0.1) is 0 Å². The van der Waals surface area contributed by atoms with Gasteiger partial charge in [0.15, 0.2) is 5.25 Å². The van der Waals surface area contributed by atoms with Crippen molar-refractivity contribution >= 4 is 59.8 Å². The van der Waals surface area contributed by atoms with Crippen LogP contribution in [-0.2, 0) is 29.2 Å². The van der Waals surface area contributed by atoms with E-state index in [0.29, 0.717) is 0 Å². The number of unbranched alkanes of at least 4 members (excludes halogenated alkanes) is 2. The number of carbonyl (C=O) groups is 2. The van der Waals surface area contributed by atoms with Crippen LogP contribution in [-0.4, -0.2) is 81.1 Å². The first-order valence-electron chi connectivity index (χ1n) is 10.5. The monoisotopic (exact) mass is 488 g/mol. The van der Waals surface area contributed by atoms with Crippen LogP contribution in [0.4, 0.5) is 0 Å². The number of hydrogen-bond donors (Lipinski definition) is 1. The largest absolute Gasteiger partial charge is 2.00 e. The third-order valence-corrected chi connectivity index (χ3v) is 6.08. The molecule has 0 aliphatic rings. The molecular weight excluding hydrogens is 447 g/mol. The summed E-state index contributed by atoms with van der Waals surface area (Å²) in [6, 6.07) is 0. The Morgan fingerprint density at radius 1 is 0.900 bits per heavy atom. The molecule has 0 spiro atoms. The molecule has 0 aliphatic heterocycles. The number of esters is 2. The molecule has 0 rings (SSSR count). The number of rotatable bonds is 16. The van der Waals surface area contributed by atoms with Crippen molar-refractivity contribution in [3.8, 4) is 0 Å². The van der Waals surface area contributed by atoms with Gasteiger partial charge in [-0.3, -0.25) is 14.1 Å². The standard InChI is InChI=1S/C20H38O7S.Ca.Na.3H/c1-5-9-11-16(7-3)14-26-19(21)13-18(28(23,24)25)20(22)27-15-17(8-4)12-10-6-2;;;;;/h16-18H,5-15H2,1-4H3,(H,23,24,25);;;;;/q;+2;+1;3*-1. The molecule has 7 nitrogen and oxygen atoms in total. The summed E-state index contributed by atoms with van der Waals surface area (Å²) in [5.74, 6) is -1.61. The molecule has 0 amide bonds. The van der Waals surface area contributed by atoms with E-state index in [-0.39, 0.29) is 96.6 Å². The number of hydrogen-bond acceptors (Lipinski definition) is 6. The third-order valence-electron chi connectivity index (χ3n) is 5.00. The molecule has 0 aromatic carbocycles. The molecule has 0 saturated carbocycles. The first-order chi connectivity index (χ1) is 13.2. The zero-order valence-electron chi connectivity index (χ0n) is 22.5. The summed E-state index contributed by atoms with van der Waals surface area (Å²) in [6.07, 6.45) is 6.74. The van der Waals surface area contributed by atoms with Crippen LogP contribution in [0.25, 0.3) is 0 Å². The first kappa shape index (κ1) is 35.7. The van der Waals surface area contributed by atoms with E-state index in [1.54, 1.807) is 0 Å². The average molecular weight is 489 g/mol. The molecule has 0 bridgehead atoms. The summed E-state index contributed by atoms with van der Waals surface area (Å²) in [6.45, 7) is 8.35. The minimum absolute atomic E-state index is 0. The summed E-state index contributed by atoms with van der Waals surface area (Å²) >= 11 is 0. The van der Waals surface area contributed by atoms with E-state index in [2.05, 4.69) is 13.8 Å². The summed E-state index contributed by atoms with van der Waals surface area (Å²) in [5, 5.41) is -1.95. The fourth-order valence-electron chi connectivity index (χ4n) is 2.82. The third kappa shape index (κ3) is 16.7. The van der Waals surface area contributed by atoms with Gasteiger partial charge in [0, 0.05) is 0 Å². The molecule has 0 heterocycles. The smallest absolute Gasteiger partial charge is 1.00 e. The van der Waals surface area contributed by atoms with Gasteiger partial charge in [-0.05, 0) is 24.7 Å². The SMILES string of the molecule is CCCCC(CC)COC(=O)CC(C(=O)OCC(CC)CCCC)S(=O)(=O)O.[Ca+2].[H-].[H-].[H-].[Na+]. The Morgan fingerprint density at radius 3 is 1.70 bits per heavy atom. The first-order valence-corrected chi connectivity index (χ1v) is 12.0. The Hall–Kier alpha value is 1.11. The van der Waals surface area contributed by atoms with Crippen LogP contribution >= 0.6 is 0 Å². The Labute approximate surface area is 239 Å². The molecule has 0 aliphatic carbocycles. The van der Waals surface area contributed by atoms with Crippen molar-refractivity contribution in [3.05, 3.63) is 0 Å². The van der Waals surface area contributed by atoms with Crippen LogP contribution in [0.3, 0.4) is 0 Å². The van der Waals surface area contributed by atoms with Gasteiger partial charge in [0.25, 0.3) is 10.1 Å². The van der Waals surface area contributed by atoms with Crippen LogP contribution in [0, 0.1) is 11.8 Å². The average Bonchev–Trinajstić information content (AvgIpc) is 2.65. The van der Waals surface area contributed by atoms with Gasteiger partial charge < -0.3 is 13.8 Å². The Balaban J connectivity index is -0.000000364. The summed E-state index contributed by atoms with van der Waals surface area (Å²) in [4.78, 5) is 24.2. The van der Waals surface area contributed by atoms with E-state index in [0.717, 1.165) is 51.4 Å². The van der Waals surface area contributed by atoms with Gasteiger partial charge in [-0.1, -0.05) is 66.2 Å². The predicted octanol–water partition coefficient (Wildman–Crippen LogP) is 1.11. The minimum atomic E-state index is -4.76. The van der Waals surface area contributed by atoms with E-state index < -0.39 is 33.7 Å². The Bertz CT molecular complexity index is 572. The van der Waals surface area contributed by atoms with Crippen LogP contribution in [0.5, 0.6) is 0 Å². The Kier molecular flexibility index (Phi) is 24.6. The van der Waals surface area contributed by atoms with E-state index >= 15 is 0 Å². The molecule has 0 fully saturated rings. The maximum Gasteiger partial charge on any atom is 2.00 e. The van der Waals surface area contributed by atoms with Crippen LogP contribution in [0.2, 0.25) is 0 Å². The van der Waals surface area contributed by atoms with Crippen molar-refractivity contribution in [1.29, 1.82) is 0 Å². The second-order valence-electron chi connectivity index (χ2n) is 7.35.